The number of thiophene rings is 2. The van der Waals surface area contributed by atoms with Crippen LogP contribution in [0.2, 0.25) is 0 Å². The topological polar surface area (TPSA) is 34.1 Å². The van der Waals surface area contributed by atoms with Crippen LogP contribution in [-0.2, 0) is 0 Å². The Morgan fingerprint density at radius 2 is 0.786 bits per heavy atom. The number of hydrogen-bond acceptors (Lipinski definition) is 4. The zero-order valence-electron chi connectivity index (χ0n) is 26.1. The fourth-order valence-corrected chi connectivity index (χ4v) is 9.43. The van der Waals surface area contributed by atoms with Crippen molar-refractivity contribution in [2.24, 2.45) is 0 Å². The molecular formula is C36H52Br2O2S2. The van der Waals surface area contributed by atoms with Gasteiger partial charge in [0.1, 0.15) is 0 Å². The molecule has 0 N–H and O–H groups in total. The van der Waals surface area contributed by atoms with Crippen molar-refractivity contribution >= 4 is 86.3 Å². The molecule has 0 saturated carbocycles. The first-order valence-electron chi connectivity index (χ1n) is 16.9. The molecule has 1 aromatic carbocycles. The van der Waals surface area contributed by atoms with Crippen LogP contribution in [0, 0.1) is 0 Å². The second-order valence-electron chi connectivity index (χ2n) is 12.0. The van der Waals surface area contributed by atoms with Crippen LogP contribution in [0.5, 0.6) is 0 Å². The zero-order chi connectivity index (χ0) is 30.2. The molecule has 0 bridgehead atoms. The molecule has 0 amide bonds. The summed E-state index contributed by atoms with van der Waals surface area (Å²) >= 11 is 10.5. The minimum Gasteiger partial charge on any atom is -0.294 e. The maximum absolute atomic E-state index is 13.7. The van der Waals surface area contributed by atoms with E-state index in [2.05, 4.69) is 57.8 Å². The number of Topliss-reactive ketones (excluding diaryl/α,β-unsaturated/α-hetero) is 2. The Morgan fingerprint density at radius 1 is 0.500 bits per heavy atom. The Kier molecular flexibility index (Phi) is 17.5. The lowest BCUT2D eigenvalue weighted by atomic mass is 9.93. The number of hydrogen-bond donors (Lipinski definition) is 0. The molecule has 6 heteroatoms. The van der Waals surface area contributed by atoms with Crippen LogP contribution in [0.15, 0.2) is 19.7 Å². The van der Waals surface area contributed by atoms with Gasteiger partial charge in [0.05, 0.1) is 7.57 Å². The van der Waals surface area contributed by atoms with Crippen LogP contribution < -0.4 is 0 Å². The summed E-state index contributed by atoms with van der Waals surface area (Å²) in [6.07, 6.45) is 26.4. The van der Waals surface area contributed by atoms with Gasteiger partial charge < -0.3 is 0 Å². The van der Waals surface area contributed by atoms with Gasteiger partial charge in [-0.15, -0.1) is 22.7 Å². The lowest BCUT2D eigenvalue weighted by Gasteiger charge is -2.11. The molecule has 3 aromatic rings. The van der Waals surface area contributed by atoms with Crippen molar-refractivity contribution in [2.45, 2.75) is 155 Å². The number of fused-ring (bicyclic) bond motifs is 2. The Balaban J connectivity index is 1.58. The van der Waals surface area contributed by atoms with Gasteiger partial charge in [0.2, 0.25) is 0 Å². The first-order chi connectivity index (χ1) is 20.5. The third kappa shape index (κ3) is 11.4. The Bertz CT molecular complexity index is 1090. The molecule has 0 spiro atoms. The second kappa shape index (κ2) is 20.5. The van der Waals surface area contributed by atoms with Crippen LogP contribution in [0.4, 0.5) is 0 Å². The molecule has 0 atom stereocenters. The number of carbonyl (C=O) groups is 2. The molecule has 0 radical (unpaired) electrons. The fourth-order valence-electron chi connectivity index (χ4n) is 6.06. The normalized spacial score (nSPS) is 11.7. The third-order valence-electron chi connectivity index (χ3n) is 8.47. The van der Waals surface area contributed by atoms with Gasteiger partial charge in [-0.25, -0.2) is 0 Å². The smallest absolute Gasteiger partial charge is 0.164 e. The van der Waals surface area contributed by atoms with E-state index in [0.717, 1.165) is 64.6 Å². The number of carbonyl (C=O) groups excluding carboxylic acids is 2. The largest absolute Gasteiger partial charge is 0.294 e. The number of rotatable bonds is 24. The van der Waals surface area contributed by atoms with Crippen molar-refractivity contribution in [1.29, 1.82) is 0 Å². The van der Waals surface area contributed by atoms with Crippen LogP contribution in [0.25, 0.3) is 20.2 Å². The second-order valence-corrected chi connectivity index (χ2v) is 16.9. The van der Waals surface area contributed by atoms with E-state index in [9.17, 15) is 9.59 Å². The van der Waals surface area contributed by atoms with Crippen LogP contribution in [-0.4, -0.2) is 11.6 Å². The summed E-state index contributed by atoms with van der Waals surface area (Å²) in [5, 5.41) is 1.91. The third-order valence-corrected chi connectivity index (χ3v) is 11.8. The highest BCUT2D eigenvalue weighted by atomic mass is 79.9. The van der Waals surface area contributed by atoms with Crippen molar-refractivity contribution in [3.8, 4) is 0 Å². The number of benzene rings is 1. The fraction of sp³-hybridized carbons (Fsp3) is 0.667. The van der Waals surface area contributed by atoms with Gasteiger partial charge in [-0.1, -0.05) is 129 Å². The predicted octanol–water partition coefficient (Wildman–Crippen LogP) is 14.6. The van der Waals surface area contributed by atoms with Crippen molar-refractivity contribution in [3.05, 3.63) is 30.8 Å². The molecule has 0 fully saturated rings. The molecule has 2 nitrogen and oxygen atoms in total. The van der Waals surface area contributed by atoms with E-state index in [4.69, 9.17) is 0 Å². The maximum Gasteiger partial charge on any atom is 0.164 e. The monoisotopic (exact) mass is 738 g/mol. The van der Waals surface area contributed by atoms with Crippen molar-refractivity contribution in [1.82, 2.24) is 0 Å². The molecule has 0 aliphatic rings. The summed E-state index contributed by atoms with van der Waals surface area (Å²) in [7, 11) is 0. The van der Waals surface area contributed by atoms with Crippen LogP contribution >= 0.6 is 54.5 Å². The van der Waals surface area contributed by atoms with Crippen molar-refractivity contribution in [2.75, 3.05) is 0 Å². The molecule has 3 rings (SSSR count). The Hall–Kier alpha value is -0.560. The lowest BCUT2D eigenvalue weighted by molar-refractivity contribution is 0.0972. The number of halogens is 2. The highest BCUT2D eigenvalue weighted by Crippen LogP contribution is 2.45. The van der Waals surface area contributed by atoms with E-state index in [1.165, 1.54) is 103 Å². The van der Waals surface area contributed by atoms with Gasteiger partial charge in [0, 0.05) is 44.1 Å². The lowest BCUT2D eigenvalue weighted by Crippen LogP contribution is -2.05. The minimum atomic E-state index is 0.220. The maximum atomic E-state index is 13.7. The molecular weight excluding hydrogens is 688 g/mol. The molecule has 0 aliphatic carbocycles. The van der Waals surface area contributed by atoms with Gasteiger partial charge in [-0.3, -0.25) is 9.59 Å². The molecule has 2 aromatic heterocycles. The van der Waals surface area contributed by atoms with E-state index >= 15 is 0 Å². The minimum absolute atomic E-state index is 0.220. The van der Waals surface area contributed by atoms with E-state index < -0.39 is 0 Å². The highest BCUT2D eigenvalue weighted by molar-refractivity contribution is 9.11. The van der Waals surface area contributed by atoms with Gasteiger partial charge in [0.25, 0.3) is 0 Å². The van der Waals surface area contributed by atoms with E-state index in [1.54, 1.807) is 22.7 Å². The summed E-state index contributed by atoms with van der Waals surface area (Å²) in [5.74, 6) is 0.441. The molecule has 0 saturated heterocycles. The van der Waals surface area contributed by atoms with Crippen molar-refractivity contribution in [3.63, 3.8) is 0 Å². The summed E-state index contributed by atoms with van der Waals surface area (Å²) in [6.45, 7) is 4.53. The molecule has 42 heavy (non-hydrogen) atoms. The first kappa shape index (κ1) is 35.9. The average Bonchev–Trinajstić information content (AvgIpc) is 3.54. The van der Waals surface area contributed by atoms with Crippen molar-refractivity contribution < 1.29 is 9.59 Å². The quantitative estimate of drug-likeness (QED) is 0.0677. The Morgan fingerprint density at radius 3 is 1.10 bits per heavy atom. The number of ketones is 2. The summed E-state index contributed by atoms with van der Waals surface area (Å²) < 4.78 is 3.91. The predicted molar refractivity (Wildman–Crippen MR) is 194 cm³/mol. The molecule has 234 valence electrons. The Labute approximate surface area is 280 Å². The van der Waals surface area contributed by atoms with Gasteiger partial charge >= 0.3 is 0 Å². The van der Waals surface area contributed by atoms with Gasteiger partial charge in [-0.2, -0.15) is 0 Å². The van der Waals surface area contributed by atoms with E-state index in [0.29, 0.717) is 12.8 Å². The molecule has 0 unspecified atom stereocenters. The summed E-state index contributed by atoms with van der Waals surface area (Å²) in [6, 6.07) is 4.13. The van der Waals surface area contributed by atoms with Gasteiger partial charge in [0.15, 0.2) is 11.6 Å². The van der Waals surface area contributed by atoms with E-state index in [1.807, 2.05) is 0 Å². The van der Waals surface area contributed by atoms with Gasteiger partial charge in [-0.05, 0) is 56.8 Å². The molecule has 2 heterocycles. The van der Waals surface area contributed by atoms with Crippen LogP contribution in [0.1, 0.15) is 176 Å². The van der Waals surface area contributed by atoms with E-state index in [-0.39, 0.29) is 11.6 Å². The average molecular weight is 741 g/mol. The zero-order valence-corrected chi connectivity index (χ0v) is 30.9. The number of unbranched alkanes of at least 4 members (excludes halogenated alkanes) is 18. The summed E-state index contributed by atoms with van der Waals surface area (Å²) in [5.41, 5.74) is 1.65. The highest BCUT2D eigenvalue weighted by Gasteiger charge is 2.25. The SMILES string of the molecule is CCCCCCCCCCCCC(=O)c1c2cc(Br)sc2c(C(=O)CCCCCCCCCCCC)c2cc(Br)sc12. The standard InChI is InChI=1S/C36H52Br2O2S2/c1-3-5-7-9-11-13-15-17-19-21-23-29(39)33-27-25-31(37)42-36(27)34(28-26-32(38)41-35(28)33)30(40)24-22-20-18-16-14-12-10-8-6-4-2/h25-26H,3-24H2,1-2H3. The summed E-state index contributed by atoms with van der Waals surface area (Å²) in [4.78, 5) is 27.3. The molecule has 0 aliphatic heterocycles. The van der Waals surface area contributed by atoms with Crippen LogP contribution in [0.3, 0.4) is 0 Å². The first-order valence-corrected chi connectivity index (χ1v) is 20.1.